The average Bonchev–Trinajstić information content (AvgIpc) is 2.62. The SMILES string of the molecule is O=c1cc2sc3ccccc3nc-2c(NC2C3CC4CC(C3)CC2C4)c1. The quantitative estimate of drug-likeness (QED) is 0.653. The number of para-hydroxylation sites is 1. The Bertz CT molecular complexity index is 998. The van der Waals surface area contributed by atoms with E-state index in [0.29, 0.717) is 6.04 Å². The van der Waals surface area contributed by atoms with Gasteiger partial charge in [0.25, 0.3) is 0 Å². The molecule has 1 N–H and O–H groups in total. The number of nitrogens with one attached hydrogen (secondary N) is 1. The van der Waals surface area contributed by atoms with Crippen molar-refractivity contribution in [3.63, 3.8) is 0 Å². The van der Waals surface area contributed by atoms with E-state index in [1.165, 1.54) is 32.1 Å². The zero-order valence-electron chi connectivity index (χ0n) is 14.7. The van der Waals surface area contributed by atoms with Crippen LogP contribution in [-0.4, -0.2) is 11.0 Å². The number of hydrogen-bond acceptors (Lipinski definition) is 4. The van der Waals surface area contributed by atoms with Crippen LogP contribution in [0.5, 0.6) is 0 Å². The lowest BCUT2D eigenvalue weighted by Crippen LogP contribution is -2.51. The molecule has 0 spiro atoms. The minimum Gasteiger partial charge on any atom is -0.380 e. The maximum absolute atomic E-state index is 12.3. The number of fused-ring (bicyclic) bond motifs is 2. The summed E-state index contributed by atoms with van der Waals surface area (Å²) in [4.78, 5) is 18.2. The molecule has 0 aromatic heterocycles. The lowest BCUT2D eigenvalue weighted by molar-refractivity contribution is 0.00755. The fraction of sp³-hybridized carbons (Fsp3) is 0.455. The van der Waals surface area contributed by atoms with Crippen molar-refractivity contribution in [1.82, 2.24) is 4.98 Å². The van der Waals surface area contributed by atoms with Crippen LogP contribution in [0.3, 0.4) is 0 Å². The molecule has 4 bridgehead atoms. The Morgan fingerprint density at radius 1 is 0.962 bits per heavy atom. The molecule has 7 rings (SSSR count). The van der Waals surface area contributed by atoms with E-state index in [1.54, 1.807) is 23.5 Å². The van der Waals surface area contributed by atoms with Crippen LogP contribution in [-0.2, 0) is 0 Å². The van der Waals surface area contributed by atoms with Crippen molar-refractivity contribution in [2.45, 2.75) is 38.1 Å². The number of benzene rings is 2. The Labute approximate surface area is 156 Å². The van der Waals surface area contributed by atoms with E-state index in [9.17, 15) is 4.79 Å². The average molecular weight is 362 g/mol. The monoisotopic (exact) mass is 362 g/mol. The van der Waals surface area contributed by atoms with Gasteiger partial charge in [0.1, 0.15) is 5.69 Å². The molecule has 5 aliphatic carbocycles. The van der Waals surface area contributed by atoms with Gasteiger partial charge in [-0.05, 0) is 67.9 Å². The van der Waals surface area contributed by atoms with Crippen LogP contribution in [0.2, 0.25) is 0 Å². The standard InChI is InChI=1S/C22H22N2OS/c25-16-10-18(22-20(11-16)26-19-4-2-1-3-17(19)23-22)24-21-14-6-12-5-13(8-14)9-15(21)7-12/h1-4,10-15,21,24H,5-9H2. The molecule has 3 nitrogen and oxygen atoms in total. The molecule has 4 fully saturated rings. The Balaban J connectivity index is 1.44. The third-order valence-electron chi connectivity index (χ3n) is 6.91. The van der Waals surface area contributed by atoms with Gasteiger partial charge in [-0.1, -0.05) is 12.1 Å². The summed E-state index contributed by atoms with van der Waals surface area (Å²) in [5, 5.41) is 3.82. The van der Waals surface area contributed by atoms with E-state index in [2.05, 4.69) is 17.4 Å². The molecular formula is C22H22N2OS. The van der Waals surface area contributed by atoms with Crippen molar-refractivity contribution < 1.29 is 0 Å². The first-order chi connectivity index (χ1) is 12.7. The number of aromatic nitrogens is 1. The molecule has 6 aliphatic rings. The lowest BCUT2D eigenvalue weighted by Gasteiger charge is -2.54. The highest BCUT2D eigenvalue weighted by Gasteiger charge is 2.48. The fourth-order valence-corrected chi connectivity index (χ4v) is 7.13. The third-order valence-corrected chi connectivity index (χ3v) is 8.01. The van der Waals surface area contributed by atoms with Gasteiger partial charge >= 0.3 is 0 Å². The van der Waals surface area contributed by atoms with Crippen LogP contribution in [0.25, 0.3) is 20.8 Å². The van der Waals surface area contributed by atoms with Gasteiger partial charge in [-0.25, -0.2) is 4.98 Å². The molecule has 0 radical (unpaired) electrons. The second-order valence-corrected chi connectivity index (χ2v) is 9.68. The van der Waals surface area contributed by atoms with Crippen LogP contribution in [0.4, 0.5) is 5.69 Å². The van der Waals surface area contributed by atoms with Gasteiger partial charge in [0.05, 0.1) is 20.8 Å². The summed E-state index contributed by atoms with van der Waals surface area (Å²) in [5.74, 6) is 3.48. The number of anilines is 1. The molecule has 4 heteroatoms. The molecule has 1 aromatic rings. The van der Waals surface area contributed by atoms with E-state index < -0.39 is 0 Å². The summed E-state index contributed by atoms with van der Waals surface area (Å²) in [6, 6.07) is 12.2. The molecule has 0 unspecified atom stereocenters. The Morgan fingerprint density at radius 2 is 1.69 bits per heavy atom. The van der Waals surface area contributed by atoms with Crippen molar-refractivity contribution in [1.29, 1.82) is 0 Å². The van der Waals surface area contributed by atoms with Gasteiger partial charge in [0, 0.05) is 18.2 Å². The molecule has 4 saturated carbocycles. The number of rotatable bonds is 2. The second kappa shape index (κ2) is 5.53. The first-order valence-corrected chi connectivity index (χ1v) is 10.6. The highest BCUT2D eigenvalue weighted by molar-refractivity contribution is 7.21. The minimum atomic E-state index is 0.0807. The smallest absolute Gasteiger partial charge is 0.182 e. The van der Waals surface area contributed by atoms with Crippen LogP contribution >= 0.6 is 11.3 Å². The van der Waals surface area contributed by atoms with Crippen molar-refractivity contribution in [3.05, 3.63) is 46.6 Å². The predicted octanol–water partition coefficient (Wildman–Crippen LogP) is 5.00. The number of nitrogens with zero attached hydrogens (tertiary/aromatic N) is 1. The molecule has 1 aromatic carbocycles. The first-order valence-electron chi connectivity index (χ1n) is 9.83. The van der Waals surface area contributed by atoms with Gasteiger partial charge in [-0.3, -0.25) is 4.79 Å². The highest BCUT2D eigenvalue weighted by Crippen LogP contribution is 2.54. The molecule has 26 heavy (non-hydrogen) atoms. The summed E-state index contributed by atoms with van der Waals surface area (Å²) in [5.41, 5.74) is 3.00. The van der Waals surface area contributed by atoms with Crippen molar-refractivity contribution in [3.8, 4) is 10.6 Å². The summed E-state index contributed by atoms with van der Waals surface area (Å²) in [6.07, 6.45) is 6.96. The maximum Gasteiger partial charge on any atom is 0.182 e. The molecule has 1 aliphatic heterocycles. The Kier molecular flexibility index (Phi) is 3.22. The maximum atomic E-state index is 12.3. The first kappa shape index (κ1) is 15.2. The largest absolute Gasteiger partial charge is 0.380 e. The number of hydrogen-bond donors (Lipinski definition) is 1. The molecule has 132 valence electrons. The van der Waals surface area contributed by atoms with E-state index in [0.717, 1.165) is 50.1 Å². The van der Waals surface area contributed by atoms with Gasteiger partial charge in [-0.2, -0.15) is 0 Å². The van der Waals surface area contributed by atoms with Gasteiger partial charge < -0.3 is 5.32 Å². The van der Waals surface area contributed by atoms with E-state index in [-0.39, 0.29) is 5.43 Å². The zero-order chi connectivity index (χ0) is 17.3. The minimum absolute atomic E-state index is 0.0807. The van der Waals surface area contributed by atoms with Crippen LogP contribution < -0.4 is 10.7 Å². The van der Waals surface area contributed by atoms with Gasteiger partial charge in [-0.15, -0.1) is 11.3 Å². The molecule has 0 atom stereocenters. The third kappa shape index (κ3) is 2.31. The summed E-state index contributed by atoms with van der Waals surface area (Å²) >= 11 is 1.67. The van der Waals surface area contributed by atoms with Crippen LogP contribution in [0.15, 0.2) is 41.2 Å². The van der Waals surface area contributed by atoms with Crippen molar-refractivity contribution in [2.75, 3.05) is 5.32 Å². The predicted molar refractivity (Wildman–Crippen MR) is 107 cm³/mol. The Hall–Kier alpha value is -1.94. The zero-order valence-corrected chi connectivity index (χ0v) is 15.5. The summed E-state index contributed by atoms with van der Waals surface area (Å²) in [7, 11) is 0. The highest BCUT2D eigenvalue weighted by atomic mass is 32.1. The van der Waals surface area contributed by atoms with Gasteiger partial charge in [0.15, 0.2) is 5.43 Å². The van der Waals surface area contributed by atoms with Gasteiger partial charge in [0.2, 0.25) is 0 Å². The van der Waals surface area contributed by atoms with E-state index >= 15 is 0 Å². The van der Waals surface area contributed by atoms with Crippen molar-refractivity contribution in [2.24, 2.45) is 23.7 Å². The summed E-state index contributed by atoms with van der Waals surface area (Å²) in [6.45, 7) is 0. The molecule has 0 saturated heterocycles. The molecule has 1 heterocycles. The van der Waals surface area contributed by atoms with E-state index in [1.807, 2.05) is 12.1 Å². The van der Waals surface area contributed by atoms with Crippen molar-refractivity contribution >= 4 is 27.2 Å². The fourth-order valence-electron chi connectivity index (χ4n) is 6.10. The Morgan fingerprint density at radius 3 is 2.46 bits per heavy atom. The topological polar surface area (TPSA) is 42.0 Å². The van der Waals surface area contributed by atoms with Crippen LogP contribution in [0.1, 0.15) is 32.1 Å². The second-order valence-electron chi connectivity index (χ2n) is 8.60. The van der Waals surface area contributed by atoms with E-state index in [4.69, 9.17) is 4.98 Å². The summed E-state index contributed by atoms with van der Waals surface area (Å²) < 4.78 is 1.13. The normalized spacial score (nSPS) is 32.4. The molecule has 0 amide bonds. The lowest BCUT2D eigenvalue weighted by atomic mass is 9.54. The van der Waals surface area contributed by atoms with Crippen LogP contribution in [0, 0.1) is 23.7 Å². The molecular weight excluding hydrogens is 340 g/mol.